The number of nitrogens with zero attached hydrogens (tertiary/aromatic N) is 2. The number of hydrogen-bond donors (Lipinski definition) is 1. The number of aromatic nitrogens is 2. The highest BCUT2D eigenvalue weighted by atomic mass is 19.4. The molecule has 2 aromatic carbocycles. The molecule has 0 radical (unpaired) electrons. The monoisotopic (exact) mass is 489 g/mol. The Bertz CT molecular complexity index is 1220. The third-order valence-electron chi connectivity index (χ3n) is 5.22. The van der Waals surface area contributed by atoms with Crippen LogP contribution in [0.5, 0.6) is 17.2 Å². The van der Waals surface area contributed by atoms with E-state index in [1.54, 1.807) is 38.1 Å². The van der Waals surface area contributed by atoms with Crippen LogP contribution in [0.1, 0.15) is 28.1 Å². The number of carbonyl (C=O) groups excluding carboxylic acids is 1. The summed E-state index contributed by atoms with van der Waals surface area (Å²) < 4.78 is 58.5. The minimum Gasteiger partial charge on any atom is -0.493 e. The van der Waals surface area contributed by atoms with Gasteiger partial charge in [-0.3, -0.25) is 4.79 Å². The SMILES string of the molecule is COc1cc(C=CC(=O)NCc2ccc(-n3nc(C)cc3C)cc2C(F)(F)F)cc(OC)c1OC. The molecule has 1 amide bonds. The van der Waals surface area contributed by atoms with Crippen LogP contribution in [-0.2, 0) is 17.5 Å². The lowest BCUT2D eigenvalue weighted by molar-refractivity contribution is -0.138. The number of amides is 1. The number of benzene rings is 2. The van der Waals surface area contributed by atoms with E-state index < -0.39 is 17.6 Å². The molecular formula is C25H26F3N3O4. The maximum absolute atomic E-state index is 13.8. The first-order valence-corrected chi connectivity index (χ1v) is 10.6. The highest BCUT2D eigenvalue weighted by molar-refractivity contribution is 5.91. The van der Waals surface area contributed by atoms with E-state index in [0.717, 1.165) is 6.07 Å². The summed E-state index contributed by atoms with van der Waals surface area (Å²) in [5.74, 6) is 0.656. The van der Waals surface area contributed by atoms with Gasteiger partial charge in [0.1, 0.15) is 0 Å². The van der Waals surface area contributed by atoms with Crippen molar-refractivity contribution in [1.82, 2.24) is 15.1 Å². The van der Waals surface area contributed by atoms with Crippen molar-refractivity contribution in [3.05, 3.63) is 70.6 Å². The third kappa shape index (κ3) is 5.95. The van der Waals surface area contributed by atoms with Crippen LogP contribution < -0.4 is 19.5 Å². The number of alkyl halides is 3. The van der Waals surface area contributed by atoms with Crippen molar-refractivity contribution >= 4 is 12.0 Å². The molecule has 0 atom stereocenters. The summed E-state index contributed by atoms with van der Waals surface area (Å²) in [4.78, 5) is 12.3. The zero-order valence-electron chi connectivity index (χ0n) is 20.0. The van der Waals surface area contributed by atoms with Crippen molar-refractivity contribution in [3.63, 3.8) is 0 Å². The van der Waals surface area contributed by atoms with Gasteiger partial charge in [0.15, 0.2) is 11.5 Å². The Hall–Kier alpha value is -3.95. The van der Waals surface area contributed by atoms with Crippen LogP contribution in [0.2, 0.25) is 0 Å². The largest absolute Gasteiger partial charge is 0.493 e. The Kier molecular flexibility index (Phi) is 7.73. The Labute approximate surface area is 201 Å². The summed E-state index contributed by atoms with van der Waals surface area (Å²) in [6.07, 6.45) is -1.88. The van der Waals surface area contributed by atoms with E-state index in [0.29, 0.717) is 39.9 Å². The molecule has 1 N–H and O–H groups in total. The molecule has 1 heterocycles. The van der Waals surface area contributed by atoms with Crippen molar-refractivity contribution in [2.24, 2.45) is 0 Å². The van der Waals surface area contributed by atoms with Crippen molar-refractivity contribution in [1.29, 1.82) is 0 Å². The van der Waals surface area contributed by atoms with Crippen LogP contribution >= 0.6 is 0 Å². The van der Waals surface area contributed by atoms with Crippen LogP contribution in [0.3, 0.4) is 0 Å². The molecular weight excluding hydrogens is 463 g/mol. The second kappa shape index (κ2) is 10.5. The Morgan fingerprint density at radius 1 is 1.03 bits per heavy atom. The first-order valence-electron chi connectivity index (χ1n) is 10.6. The quantitative estimate of drug-likeness (QED) is 0.458. The summed E-state index contributed by atoms with van der Waals surface area (Å²) >= 11 is 0. The molecule has 0 saturated carbocycles. The molecule has 0 fully saturated rings. The molecule has 3 aromatic rings. The van der Waals surface area contributed by atoms with Crippen LogP contribution in [0, 0.1) is 13.8 Å². The van der Waals surface area contributed by atoms with Crippen molar-refractivity contribution in [2.75, 3.05) is 21.3 Å². The number of halogens is 3. The van der Waals surface area contributed by atoms with E-state index in [2.05, 4.69) is 10.4 Å². The van der Waals surface area contributed by atoms with E-state index in [1.807, 2.05) is 0 Å². The topological polar surface area (TPSA) is 74.6 Å². The lowest BCUT2D eigenvalue weighted by Gasteiger charge is -2.15. The summed E-state index contributed by atoms with van der Waals surface area (Å²) in [5, 5.41) is 6.74. The summed E-state index contributed by atoms with van der Waals surface area (Å²) in [6, 6.07) is 8.99. The van der Waals surface area contributed by atoms with Gasteiger partial charge in [-0.1, -0.05) is 6.07 Å². The third-order valence-corrected chi connectivity index (χ3v) is 5.22. The average molecular weight is 489 g/mol. The first-order chi connectivity index (χ1) is 16.6. The summed E-state index contributed by atoms with van der Waals surface area (Å²) in [5.41, 5.74) is 1.40. The Morgan fingerprint density at radius 2 is 1.69 bits per heavy atom. The zero-order chi connectivity index (χ0) is 25.8. The van der Waals surface area contributed by atoms with Gasteiger partial charge in [0, 0.05) is 18.3 Å². The molecule has 3 rings (SSSR count). The summed E-state index contributed by atoms with van der Waals surface area (Å²) in [6.45, 7) is 3.23. The van der Waals surface area contributed by atoms with Crippen LogP contribution in [0.15, 0.2) is 42.5 Å². The lowest BCUT2D eigenvalue weighted by Crippen LogP contribution is -2.23. The second-order valence-corrected chi connectivity index (χ2v) is 7.69. The predicted molar refractivity (Wildman–Crippen MR) is 125 cm³/mol. The minimum atomic E-state index is -4.60. The van der Waals surface area contributed by atoms with Crippen molar-refractivity contribution in [3.8, 4) is 22.9 Å². The number of aryl methyl sites for hydroxylation is 2. The lowest BCUT2D eigenvalue weighted by atomic mass is 10.1. The Balaban J connectivity index is 1.78. The van der Waals surface area contributed by atoms with Gasteiger partial charge in [-0.05, 0) is 61.4 Å². The average Bonchev–Trinajstić information content (AvgIpc) is 3.17. The number of carbonyl (C=O) groups is 1. The van der Waals surface area contributed by atoms with E-state index >= 15 is 0 Å². The van der Waals surface area contributed by atoms with Gasteiger partial charge in [-0.2, -0.15) is 18.3 Å². The second-order valence-electron chi connectivity index (χ2n) is 7.69. The maximum atomic E-state index is 13.8. The maximum Gasteiger partial charge on any atom is 0.416 e. The first kappa shape index (κ1) is 25.7. The molecule has 0 bridgehead atoms. The van der Waals surface area contributed by atoms with Gasteiger partial charge in [0.2, 0.25) is 11.7 Å². The fourth-order valence-corrected chi connectivity index (χ4v) is 3.62. The van der Waals surface area contributed by atoms with E-state index in [9.17, 15) is 18.0 Å². The van der Waals surface area contributed by atoms with Gasteiger partial charge in [0.05, 0.1) is 38.3 Å². The molecule has 35 heavy (non-hydrogen) atoms. The molecule has 1 aromatic heterocycles. The van der Waals surface area contributed by atoms with Gasteiger partial charge in [-0.25, -0.2) is 4.68 Å². The molecule has 0 spiro atoms. The number of hydrogen-bond acceptors (Lipinski definition) is 5. The van der Waals surface area contributed by atoms with E-state index in [1.165, 1.54) is 44.2 Å². The fourth-order valence-electron chi connectivity index (χ4n) is 3.62. The number of nitrogens with one attached hydrogen (secondary N) is 1. The molecule has 186 valence electrons. The normalized spacial score (nSPS) is 11.5. The Morgan fingerprint density at radius 3 is 2.20 bits per heavy atom. The van der Waals surface area contributed by atoms with Crippen molar-refractivity contribution in [2.45, 2.75) is 26.6 Å². The minimum absolute atomic E-state index is 0.0580. The highest BCUT2D eigenvalue weighted by Crippen LogP contribution is 2.38. The molecule has 0 saturated heterocycles. The molecule has 0 aliphatic carbocycles. The van der Waals surface area contributed by atoms with Crippen LogP contribution in [0.25, 0.3) is 11.8 Å². The van der Waals surface area contributed by atoms with Gasteiger partial charge >= 0.3 is 6.18 Å². The summed E-state index contributed by atoms with van der Waals surface area (Å²) in [7, 11) is 4.41. The highest BCUT2D eigenvalue weighted by Gasteiger charge is 2.34. The van der Waals surface area contributed by atoms with Gasteiger partial charge < -0.3 is 19.5 Å². The van der Waals surface area contributed by atoms with Crippen molar-refractivity contribution < 1.29 is 32.2 Å². The predicted octanol–water partition coefficient (Wildman–Crippen LogP) is 4.86. The zero-order valence-corrected chi connectivity index (χ0v) is 20.0. The smallest absolute Gasteiger partial charge is 0.416 e. The molecule has 0 aliphatic rings. The number of ether oxygens (including phenoxy) is 3. The van der Waals surface area contributed by atoms with Crippen LogP contribution in [-0.4, -0.2) is 37.0 Å². The fraction of sp³-hybridized carbons (Fsp3) is 0.280. The molecule has 7 nitrogen and oxygen atoms in total. The van der Waals surface area contributed by atoms with E-state index in [4.69, 9.17) is 14.2 Å². The molecule has 0 aliphatic heterocycles. The standard InChI is InChI=1S/C25H26F3N3O4/c1-15-10-16(2)31(30-15)19-8-7-18(20(13-19)25(26,27)28)14-29-23(32)9-6-17-11-21(33-3)24(35-5)22(12-17)34-4/h6-13H,14H2,1-5H3,(H,29,32). The number of rotatable bonds is 8. The van der Waals surface area contributed by atoms with Gasteiger partial charge in [-0.15, -0.1) is 0 Å². The van der Waals surface area contributed by atoms with E-state index in [-0.39, 0.29) is 12.1 Å². The van der Waals surface area contributed by atoms with Gasteiger partial charge in [0.25, 0.3) is 0 Å². The molecule has 0 unspecified atom stereocenters. The number of methoxy groups -OCH3 is 3. The molecule has 10 heteroatoms. The van der Waals surface area contributed by atoms with Crippen LogP contribution in [0.4, 0.5) is 13.2 Å².